The highest BCUT2D eigenvalue weighted by atomic mass is 19.1. The van der Waals surface area contributed by atoms with Crippen molar-refractivity contribution in [3.8, 4) is 0 Å². The first-order valence-electron chi connectivity index (χ1n) is 6.25. The Balaban J connectivity index is 2.12. The molecule has 0 bridgehead atoms. The van der Waals surface area contributed by atoms with Crippen LogP contribution in [0, 0.1) is 5.92 Å². The number of alkyl halides is 1. The number of hydrogen-bond donors (Lipinski definition) is 1. The Kier molecular flexibility index (Phi) is 3.97. The summed E-state index contributed by atoms with van der Waals surface area (Å²) in [5.41, 5.74) is 1.00. The van der Waals surface area contributed by atoms with E-state index >= 15 is 0 Å². The van der Waals surface area contributed by atoms with E-state index < -0.39 is 12.1 Å². The number of rotatable bonds is 4. The molecule has 1 N–H and O–H groups in total. The molecular weight excluding hydrogens is 233 g/mol. The first-order valence-corrected chi connectivity index (χ1v) is 6.25. The third kappa shape index (κ3) is 2.38. The minimum Gasteiger partial charge on any atom is -0.396 e. The number of carbonyl (C=O) groups is 1. The Hall–Kier alpha value is -1.42. The number of carbonyl (C=O) groups excluding carboxylic acids is 1. The van der Waals surface area contributed by atoms with Crippen LogP contribution in [0.15, 0.2) is 30.3 Å². The number of halogens is 1. The van der Waals surface area contributed by atoms with Crippen LogP contribution in [0.2, 0.25) is 0 Å². The highest BCUT2D eigenvalue weighted by molar-refractivity contribution is 5.83. The lowest BCUT2D eigenvalue weighted by atomic mass is 10.0. The van der Waals surface area contributed by atoms with E-state index in [1.54, 1.807) is 4.90 Å². The maximum atomic E-state index is 13.8. The minimum atomic E-state index is -1.47. The molecule has 2 rings (SSSR count). The van der Waals surface area contributed by atoms with Gasteiger partial charge in [-0.25, -0.2) is 4.39 Å². The summed E-state index contributed by atoms with van der Waals surface area (Å²) in [5.74, 6) is -0.835. The summed E-state index contributed by atoms with van der Waals surface area (Å²) in [5, 5.41) is 8.88. The van der Waals surface area contributed by atoms with Crippen LogP contribution in [0.25, 0.3) is 0 Å². The topological polar surface area (TPSA) is 40.5 Å². The van der Waals surface area contributed by atoms with Gasteiger partial charge in [-0.3, -0.25) is 4.79 Å². The predicted octanol–water partition coefficient (Wildman–Crippen LogP) is 1.93. The summed E-state index contributed by atoms with van der Waals surface area (Å²) in [6, 6.07) is 9.47. The van der Waals surface area contributed by atoms with Crippen LogP contribution in [0.1, 0.15) is 24.9 Å². The van der Waals surface area contributed by atoms with Gasteiger partial charge in [0, 0.05) is 19.1 Å². The van der Waals surface area contributed by atoms with E-state index in [0.29, 0.717) is 13.0 Å². The van der Waals surface area contributed by atoms with Gasteiger partial charge in [-0.05, 0) is 18.9 Å². The van der Waals surface area contributed by atoms with Gasteiger partial charge in [0.1, 0.15) is 0 Å². The van der Waals surface area contributed by atoms with Gasteiger partial charge in [0.05, 0.1) is 6.04 Å². The fraction of sp³-hybridized carbons (Fsp3) is 0.500. The molecule has 18 heavy (non-hydrogen) atoms. The molecule has 4 heteroatoms. The average Bonchev–Trinajstić information content (AvgIpc) is 2.68. The van der Waals surface area contributed by atoms with Crippen molar-refractivity contribution in [3.63, 3.8) is 0 Å². The summed E-state index contributed by atoms with van der Waals surface area (Å²) in [6.07, 6.45) is -1.13. The number of hydrogen-bond acceptors (Lipinski definition) is 2. The largest absolute Gasteiger partial charge is 0.396 e. The number of likely N-dealkylation sites (tertiary alicyclic amines) is 1. The highest BCUT2D eigenvalue weighted by Gasteiger charge is 2.42. The molecule has 1 aromatic rings. The van der Waals surface area contributed by atoms with Crippen LogP contribution in [-0.2, 0) is 4.79 Å². The van der Waals surface area contributed by atoms with Crippen LogP contribution in [-0.4, -0.2) is 35.2 Å². The number of nitrogens with zero attached hydrogens (tertiary/aromatic N) is 1. The molecule has 3 atom stereocenters. The van der Waals surface area contributed by atoms with E-state index in [-0.39, 0.29) is 18.6 Å². The second kappa shape index (κ2) is 5.48. The number of benzene rings is 1. The molecule has 3 unspecified atom stereocenters. The third-order valence-electron chi connectivity index (χ3n) is 3.61. The molecule has 3 nitrogen and oxygen atoms in total. The smallest absolute Gasteiger partial charge is 0.257 e. The Morgan fingerprint density at radius 2 is 2.11 bits per heavy atom. The first-order chi connectivity index (χ1) is 8.65. The zero-order valence-corrected chi connectivity index (χ0v) is 10.4. The van der Waals surface area contributed by atoms with E-state index in [2.05, 4.69) is 0 Å². The van der Waals surface area contributed by atoms with Crippen molar-refractivity contribution in [3.05, 3.63) is 35.9 Å². The molecule has 1 amide bonds. The molecule has 0 radical (unpaired) electrons. The molecule has 0 saturated carbocycles. The molecule has 0 aliphatic carbocycles. The summed E-state index contributed by atoms with van der Waals surface area (Å²) in [6.45, 7) is 2.21. The zero-order chi connectivity index (χ0) is 13.1. The van der Waals surface area contributed by atoms with Crippen LogP contribution in [0.3, 0.4) is 0 Å². The Bertz CT molecular complexity index is 410. The van der Waals surface area contributed by atoms with Gasteiger partial charge in [-0.15, -0.1) is 0 Å². The maximum Gasteiger partial charge on any atom is 0.257 e. The molecule has 0 aromatic heterocycles. The standard InChI is InChI=1S/C14H18FNO2/c1-10(11-5-3-2-4-6-11)16-9-12(7-8-17)13(15)14(16)18/h2-6,10,12-13,17H,7-9H2,1H3. The van der Waals surface area contributed by atoms with Crippen molar-refractivity contribution in [2.24, 2.45) is 5.92 Å². The fourth-order valence-electron chi connectivity index (χ4n) is 2.46. The molecule has 1 aliphatic rings. The summed E-state index contributed by atoms with van der Waals surface area (Å²) < 4.78 is 13.8. The second-order valence-corrected chi connectivity index (χ2v) is 4.75. The van der Waals surface area contributed by atoms with E-state index in [9.17, 15) is 9.18 Å². The van der Waals surface area contributed by atoms with E-state index in [4.69, 9.17) is 5.11 Å². The van der Waals surface area contributed by atoms with Crippen molar-refractivity contribution in [1.82, 2.24) is 4.90 Å². The summed E-state index contributed by atoms with van der Waals surface area (Å²) >= 11 is 0. The fourth-order valence-corrected chi connectivity index (χ4v) is 2.46. The molecule has 1 saturated heterocycles. The second-order valence-electron chi connectivity index (χ2n) is 4.75. The number of aliphatic hydroxyl groups is 1. The van der Waals surface area contributed by atoms with E-state index in [0.717, 1.165) is 5.56 Å². The molecule has 0 spiro atoms. The SMILES string of the molecule is CC(c1ccccc1)N1CC(CCO)C(F)C1=O. The quantitative estimate of drug-likeness (QED) is 0.888. The Morgan fingerprint density at radius 3 is 2.72 bits per heavy atom. The van der Waals surface area contributed by atoms with Gasteiger partial charge in [0.25, 0.3) is 5.91 Å². The van der Waals surface area contributed by atoms with Crippen LogP contribution < -0.4 is 0 Å². The van der Waals surface area contributed by atoms with E-state index in [1.165, 1.54) is 0 Å². The van der Waals surface area contributed by atoms with Crippen LogP contribution >= 0.6 is 0 Å². The molecule has 1 fully saturated rings. The maximum absolute atomic E-state index is 13.8. The average molecular weight is 251 g/mol. The lowest BCUT2D eigenvalue weighted by Crippen LogP contribution is -2.30. The molecular formula is C14H18FNO2. The third-order valence-corrected chi connectivity index (χ3v) is 3.61. The minimum absolute atomic E-state index is 0.0775. The van der Waals surface area contributed by atoms with Gasteiger partial charge in [-0.2, -0.15) is 0 Å². The van der Waals surface area contributed by atoms with Crippen LogP contribution in [0.5, 0.6) is 0 Å². The number of aliphatic hydroxyl groups excluding tert-OH is 1. The normalized spacial score (nSPS) is 25.5. The summed E-state index contributed by atoms with van der Waals surface area (Å²) in [7, 11) is 0. The highest BCUT2D eigenvalue weighted by Crippen LogP contribution is 2.31. The van der Waals surface area contributed by atoms with Crippen molar-refractivity contribution >= 4 is 5.91 Å². The number of amides is 1. The zero-order valence-electron chi connectivity index (χ0n) is 10.4. The lowest BCUT2D eigenvalue weighted by molar-refractivity contribution is -0.133. The Labute approximate surface area is 106 Å². The summed E-state index contributed by atoms with van der Waals surface area (Å²) in [4.78, 5) is 13.4. The van der Waals surface area contributed by atoms with Gasteiger partial charge < -0.3 is 10.0 Å². The molecule has 1 aromatic carbocycles. The monoisotopic (exact) mass is 251 g/mol. The lowest BCUT2D eigenvalue weighted by Gasteiger charge is -2.24. The predicted molar refractivity (Wildman–Crippen MR) is 66.7 cm³/mol. The van der Waals surface area contributed by atoms with E-state index in [1.807, 2.05) is 37.3 Å². The van der Waals surface area contributed by atoms with Gasteiger partial charge in [0.15, 0.2) is 6.17 Å². The molecule has 1 aliphatic heterocycles. The van der Waals surface area contributed by atoms with Gasteiger partial charge >= 0.3 is 0 Å². The van der Waals surface area contributed by atoms with Crippen molar-refractivity contribution in [2.45, 2.75) is 25.6 Å². The molecule has 1 heterocycles. The van der Waals surface area contributed by atoms with Gasteiger partial charge in [-0.1, -0.05) is 30.3 Å². The van der Waals surface area contributed by atoms with Crippen molar-refractivity contribution in [2.75, 3.05) is 13.2 Å². The van der Waals surface area contributed by atoms with Gasteiger partial charge in [0.2, 0.25) is 0 Å². The first kappa shape index (κ1) is 13.0. The van der Waals surface area contributed by atoms with Crippen molar-refractivity contribution < 1.29 is 14.3 Å². The van der Waals surface area contributed by atoms with Crippen LogP contribution in [0.4, 0.5) is 4.39 Å². The molecule has 98 valence electrons. The Morgan fingerprint density at radius 1 is 1.44 bits per heavy atom. The van der Waals surface area contributed by atoms with Crippen molar-refractivity contribution in [1.29, 1.82) is 0 Å².